The fourth-order valence-electron chi connectivity index (χ4n) is 3.02. The van der Waals surface area contributed by atoms with E-state index in [1.807, 2.05) is 0 Å². The van der Waals surface area contributed by atoms with Gasteiger partial charge in [0.1, 0.15) is 17.2 Å². The van der Waals surface area contributed by atoms with Crippen LogP contribution in [0.5, 0.6) is 17.2 Å². The molecule has 196 valence electrons. The number of rotatable bonds is 6. The lowest BCUT2D eigenvalue weighted by atomic mass is 10.1. The number of carbonyl (C=O) groups is 3. The molecular weight excluding hydrogens is 524 g/mol. The summed E-state index contributed by atoms with van der Waals surface area (Å²) in [6.45, 7) is 0. The zero-order valence-corrected chi connectivity index (χ0v) is 19.7. The van der Waals surface area contributed by atoms with Crippen molar-refractivity contribution in [3.8, 4) is 17.2 Å². The molecular formula is C23H19ClF4N4O5. The number of methoxy groups -OCH3 is 1. The second kappa shape index (κ2) is 11.3. The van der Waals surface area contributed by atoms with Crippen LogP contribution in [0, 0.1) is 5.82 Å². The molecule has 1 fully saturated rings. The van der Waals surface area contributed by atoms with E-state index in [1.54, 1.807) is 12.1 Å². The molecule has 1 heterocycles. The lowest BCUT2D eigenvalue weighted by Crippen LogP contribution is -2.30. The molecule has 2 aromatic carbocycles. The molecule has 0 radical (unpaired) electrons. The molecule has 14 heteroatoms. The number of urea groups is 1. The molecule has 4 rings (SSSR count). The van der Waals surface area contributed by atoms with E-state index >= 15 is 0 Å². The van der Waals surface area contributed by atoms with Crippen molar-refractivity contribution < 1.29 is 41.4 Å². The van der Waals surface area contributed by atoms with Gasteiger partial charge in [0.05, 0.1) is 28.9 Å². The third kappa shape index (κ3) is 7.43. The Kier molecular flexibility index (Phi) is 8.38. The number of ether oxygens (including phenoxy) is 2. The number of alkyl halides is 3. The van der Waals surface area contributed by atoms with Gasteiger partial charge in [-0.3, -0.25) is 14.6 Å². The summed E-state index contributed by atoms with van der Waals surface area (Å²) in [4.78, 5) is 36.6. The van der Waals surface area contributed by atoms with Gasteiger partial charge < -0.3 is 25.8 Å². The number of hydrogen-bond acceptors (Lipinski definition) is 6. The molecule has 9 nitrogen and oxygen atoms in total. The predicted molar refractivity (Wildman–Crippen MR) is 126 cm³/mol. The first-order chi connectivity index (χ1) is 17.4. The number of carbonyl (C=O) groups excluding carboxylic acids is 3. The lowest BCUT2D eigenvalue weighted by Gasteiger charge is -2.14. The molecule has 37 heavy (non-hydrogen) atoms. The molecule has 0 saturated heterocycles. The third-order valence-electron chi connectivity index (χ3n) is 4.82. The summed E-state index contributed by atoms with van der Waals surface area (Å²) in [6.07, 6.45) is -2.40. The van der Waals surface area contributed by atoms with Crippen LogP contribution in [0.1, 0.15) is 23.2 Å². The van der Waals surface area contributed by atoms with E-state index in [9.17, 15) is 27.2 Å². The van der Waals surface area contributed by atoms with Crippen LogP contribution < -0.4 is 25.8 Å². The topological polar surface area (TPSA) is 133 Å². The van der Waals surface area contributed by atoms with Crippen LogP contribution in [0.2, 0.25) is 5.02 Å². The Morgan fingerprint density at radius 1 is 1.19 bits per heavy atom. The number of halogens is 5. The molecule has 4 N–H and O–H groups in total. The first-order valence-electron chi connectivity index (χ1n) is 10.5. The molecule has 0 spiro atoms. The number of pyridine rings is 1. The second-order valence-corrected chi connectivity index (χ2v) is 8.05. The Bertz CT molecular complexity index is 1330. The number of benzene rings is 2. The van der Waals surface area contributed by atoms with Gasteiger partial charge in [0, 0.05) is 35.8 Å². The van der Waals surface area contributed by atoms with Gasteiger partial charge in [0.2, 0.25) is 6.29 Å². The SMILES string of the molecule is COc1cc2nccc(Oc3cc(F)c(NC(=O)NC4CC4)c(Cl)c3)c2cc1C(N)=O.O=CC(F)(F)F. The van der Waals surface area contributed by atoms with Gasteiger partial charge in [-0.2, -0.15) is 13.2 Å². The number of amides is 3. The lowest BCUT2D eigenvalue weighted by molar-refractivity contribution is -0.156. The molecule has 1 aliphatic carbocycles. The number of primary amides is 1. The minimum absolute atomic E-state index is 0.0289. The average molecular weight is 543 g/mol. The van der Waals surface area contributed by atoms with Crippen LogP contribution in [0.15, 0.2) is 36.5 Å². The Morgan fingerprint density at radius 3 is 2.41 bits per heavy atom. The number of nitrogens with one attached hydrogen (secondary N) is 2. The van der Waals surface area contributed by atoms with E-state index in [0.717, 1.165) is 18.9 Å². The van der Waals surface area contributed by atoms with Crippen molar-refractivity contribution in [2.45, 2.75) is 25.1 Å². The molecule has 0 aliphatic heterocycles. The maximum atomic E-state index is 14.6. The predicted octanol–water partition coefficient (Wildman–Crippen LogP) is 4.96. The minimum atomic E-state index is -4.64. The summed E-state index contributed by atoms with van der Waals surface area (Å²) < 4.78 is 56.9. The smallest absolute Gasteiger partial charge is 0.446 e. The second-order valence-electron chi connectivity index (χ2n) is 7.64. The van der Waals surface area contributed by atoms with Gasteiger partial charge >= 0.3 is 12.2 Å². The minimum Gasteiger partial charge on any atom is -0.496 e. The highest BCUT2D eigenvalue weighted by atomic mass is 35.5. The fraction of sp³-hybridized carbons (Fsp3) is 0.217. The van der Waals surface area contributed by atoms with E-state index in [4.69, 9.17) is 31.6 Å². The van der Waals surface area contributed by atoms with Gasteiger partial charge in [0.25, 0.3) is 5.91 Å². The van der Waals surface area contributed by atoms with Crippen LogP contribution in [0.3, 0.4) is 0 Å². The van der Waals surface area contributed by atoms with Crippen LogP contribution in [0.4, 0.5) is 28.0 Å². The first-order valence-corrected chi connectivity index (χ1v) is 10.8. The summed E-state index contributed by atoms with van der Waals surface area (Å²) >= 11 is 6.17. The Balaban J connectivity index is 0.000000568. The summed E-state index contributed by atoms with van der Waals surface area (Å²) in [6, 6.07) is 6.68. The van der Waals surface area contributed by atoms with Crippen molar-refractivity contribution in [1.29, 1.82) is 0 Å². The number of nitrogens with zero attached hydrogens (tertiary/aromatic N) is 1. The Hall–Kier alpha value is -4.13. The molecule has 1 aromatic heterocycles. The van der Waals surface area contributed by atoms with Gasteiger partial charge in [-0.15, -0.1) is 0 Å². The quantitative estimate of drug-likeness (QED) is 0.298. The van der Waals surface area contributed by atoms with E-state index in [-0.39, 0.29) is 33.8 Å². The van der Waals surface area contributed by atoms with E-state index < -0.39 is 30.2 Å². The molecule has 1 saturated carbocycles. The van der Waals surface area contributed by atoms with Crippen LogP contribution >= 0.6 is 11.6 Å². The highest BCUT2D eigenvalue weighted by Gasteiger charge is 2.25. The average Bonchev–Trinajstić information content (AvgIpc) is 3.64. The van der Waals surface area contributed by atoms with Crippen molar-refractivity contribution in [3.63, 3.8) is 0 Å². The van der Waals surface area contributed by atoms with Crippen molar-refractivity contribution in [1.82, 2.24) is 10.3 Å². The van der Waals surface area contributed by atoms with Crippen LogP contribution in [-0.4, -0.2) is 42.5 Å². The summed E-state index contributed by atoms with van der Waals surface area (Å²) in [7, 11) is 1.42. The standard InChI is InChI=1S/C21H18ClFN4O4.C2HF3O/c1-30-18-9-16-12(8-13(18)20(24)28)17(4-5-25-16)31-11-6-14(22)19(15(23)7-11)27-21(29)26-10-2-3-10;3-2(4,5)1-6/h4-10H,2-3H2,1H3,(H2,24,28)(H2,26,27,29);1H. The van der Waals surface area contributed by atoms with E-state index in [0.29, 0.717) is 16.7 Å². The van der Waals surface area contributed by atoms with Gasteiger partial charge in [-0.05, 0) is 25.0 Å². The van der Waals surface area contributed by atoms with Crippen molar-refractivity contribution >= 4 is 46.4 Å². The summed E-state index contributed by atoms with van der Waals surface area (Å²) in [5, 5.41) is 5.55. The highest BCUT2D eigenvalue weighted by molar-refractivity contribution is 6.33. The number of aldehydes is 1. The number of anilines is 1. The largest absolute Gasteiger partial charge is 0.496 e. The maximum Gasteiger partial charge on any atom is 0.446 e. The zero-order chi connectivity index (χ0) is 27.3. The third-order valence-corrected chi connectivity index (χ3v) is 5.11. The highest BCUT2D eigenvalue weighted by Crippen LogP contribution is 2.36. The van der Waals surface area contributed by atoms with Crippen molar-refractivity contribution in [2.24, 2.45) is 5.73 Å². The number of hydrogen-bond donors (Lipinski definition) is 3. The summed E-state index contributed by atoms with van der Waals surface area (Å²) in [5.74, 6) is -0.759. The van der Waals surface area contributed by atoms with E-state index in [2.05, 4.69) is 15.6 Å². The summed E-state index contributed by atoms with van der Waals surface area (Å²) in [5.41, 5.74) is 5.92. The number of nitrogens with two attached hydrogens (primary N) is 1. The monoisotopic (exact) mass is 542 g/mol. The molecule has 0 unspecified atom stereocenters. The van der Waals surface area contributed by atoms with Gasteiger partial charge in [-0.25, -0.2) is 9.18 Å². The zero-order valence-electron chi connectivity index (χ0n) is 19.0. The molecule has 3 amide bonds. The Morgan fingerprint density at radius 2 is 1.86 bits per heavy atom. The number of aromatic nitrogens is 1. The Labute approximate surface area is 211 Å². The van der Waals surface area contributed by atoms with Crippen molar-refractivity contribution in [2.75, 3.05) is 12.4 Å². The first kappa shape index (κ1) is 27.5. The molecule has 1 aliphatic rings. The van der Waals surface area contributed by atoms with Gasteiger partial charge in [-0.1, -0.05) is 11.6 Å². The van der Waals surface area contributed by atoms with Crippen molar-refractivity contribution in [3.05, 3.63) is 52.9 Å². The molecule has 3 aromatic rings. The maximum absolute atomic E-state index is 14.6. The normalized spacial score (nSPS) is 12.7. The molecule has 0 atom stereocenters. The molecule has 0 bridgehead atoms. The fourth-order valence-corrected chi connectivity index (χ4v) is 3.26. The number of fused-ring (bicyclic) bond motifs is 1. The van der Waals surface area contributed by atoms with Crippen LogP contribution in [-0.2, 0) is 4.79 Å². The van der Waals surface area contributed by atoms with E-state index in [1.165, 1.54) is 25.4 Å². The van der Waals surface area contributed by atoms with Crippen LogP contribution in [0.25, 0.3) is 10.9 Å². The van der Waals surface area contributed by atoms with Gasteiger partial charge in [0.15, 0.2) is 5.82 Å².